The topological polar surface area (TPSA) is 72.9 Å². The molecule has 1 heterocycles. The molecule has 1 aliphatic heterocycles. The Balaban J connectivity index is 2.50. The van der Waals surface area contributed by atoms with E-state index in [-0.39, 0.29) is 18.1 Å². The van der Waals surface area contributed by atoms with Crippen molar-refractivity contribution in [2.75, 3.05) is 27.2 Å². The van der Waals surface area contributed by atoms with Crippen LogP contribution in [0.5, 0.6) is 0 Å². The van der Waals surface area contributed by atoms with E-state index < -0.39 is 11.9 Å². The standard InChI is InChI=1S/C13H25N3O3/c1-9(12(17)18)10(2)14-13(19)16(4)11-6-5-7-15(3)8-11/h9-11H,5-8H2,1-4H3,(H,14,19)(H,17,18). The number of carboxylic acid groups (broad SMARTS) is 1. The van der Waals surface area contributed by atoms with Crippen molar-refractivity contribution in [3.05, 3.63) is 0 Å². The molecule has 6 heteroatoms. The number of carboxylic acids is 1. The zero-order valence-electron chi connectivity index (χ0n) is 12.2. The number of aliphatic carboxylic acids is 1. The molecule has 110 valence electrons. The summed E-state index contributed by atoms with van der Waals surface area (Å²) in [4.78, 5) is 26.9. The van der Waals surface area contributed by atoms with E-state index in [2.05, 4.69) is 10.2 Å². The Morgan fingerprint density at radius 3 is 2.58 bits per heavy atom. The molecule has 0 radical (unpaired) electrons. The van der Waals surface area contributed by atoms with Gasteiger partial charge in [-0.25, -0.2) is 4.79 Å². The molecule has 0 aromatic heterocycles. The first-order chi connectivity index (χ1) is 8.82. The van der Waals surface area contributed by atoms with Crippen molar-refractivity contribution in [3.63, 3.8) is 0 Å². The van der Waals surface area contributed by atoms with Gasteiger partial charge < -0.3 is 20.2 Å². The summed E-state index contributed by atoms with van der Waals surface area (Å²) in [6, 6.07) is -0.374. The Morgan fingerprint density at radius 1 is 1.42 bits per heavy atom. The van der Waals surface area contributed by atoms with Crippen LogP contribution in [0.2, 0.25) is 0 Å². The fraction of sp³-hybridized carbons (Fsp3) is 0.846. The first-order valence-electron chi connectivity index (χ1n) is 6.77. The molecule has 6 nitrogen and oxygen atoms in total. The van der Waals surface area contributed by atoms with Crippen LogP contribution in [0.1, 0.15) is 26.7 Å². The number of carbonyl (C=O) groups excluding carboxylic acids is 1. The lowest BCUT2D eigenvalue weighted by molar-refractivity contribution is -0.141. The van der Waals surface area contributed by atoms with E-state index >= 15 is 0 Å². The number of nitrogens with one attached hydrogen (secondary N) is 1. The second-order valence-corrected chi connectivity index (χ2v) is 5.53. The lowest BCUT2D eigenvalue weighted by Crippen LogP contribution is -2.53. The van der Waals surface area contributed by atoms with Gasteiger partial charge in [0.15, 0.2) is 0 Å². The largest absolute Gasteiger partial charge is 0.481 e. The van der Waals surface area contributed by atoms with Crippen molar-refractivity contribution in [2.24, 2.45) is 5.92 Å². The van der Waals surface area contributed by atoms with Gasteiger partial charge in [0, 0.05) is 25.7 Å². The lowest BCUT2D eigenvalue weighted by Gasteiger charge is -2.36. The van der Waals surface area contributed by atoms with Crippen molar-refractivity contribution < 1.29 is 14.7 Å². The molecule has 2 amide bonds. The first-order valence-corrected chi connectivity index (χ1v) is 6.77. The molecule has 2 N–H and O–H groups in total. The SMILES string of the molecule is CC(NC(=O)N(C)C1CCCN(C)C1)C(C)C(=O)O. The van der Waals surface area contributed by atoms with E-state index in [1.165, 1.54) is 0 Å². The van der Waals surface area contributed by atoms with E-state index in [4.69, 9.17) is 5.11 Å². The normalized spacial score (nSPS) is 23.5. The Hall–Kier alpha value is -1.30. The summed E-state index contributed by atoms with van der Waals surface area (Å²) in [5.41, 5.74) is 0. The summed E-state index contributed by atoms with van der Waals surface area (Å²) in [6.07, 6.45) is 2.08. The third-order valence-electron chi connectivity index (χ3n) is 3.96. The van der Waals surface area contributed by atoms with Gasteiger partial charge in [-0.2, -0.15) is 0 Å². The molecule has 1 fully saturated rings. The summed E-state index contributed by atoms with van der Waals surface area (Å²) in [5.74, 6) is -1.49. The van der Waals surface area contributed by atoms with Crippen molar-refractivity contribution in [1.82, 2.24) is 15.1 Å². The third kappa shape index (κ3) is 4.38. The smallest absolute Gasteiger partial charge is 0.317 e. The predicted octanol–water partition coefficient (Wildman–Crippen LogP) is 0.831. The average Bonchev–Trinajstić information content (AvgIpc) is 2.36. The molecule has 0 spiro atoms. The summed E-state index contributed by atoms with van der Waals surface area (Å²) >= 11 is 0. The van der Waals surface area contributed by atoms with Crippen molar-refractivity contribution >= 4 is 12.0 Å². The molecule has 1 aliphatic rings. The summed E-state index contributed by atoms with van der Waals surface area (Å²) < 4.78 is 0. The second kappa shape index (κ2) is 6.75. The van der Waals surface area contributed by atoms with Crippen molar-refractivity contribution in [2.45, 2.75) is 38.8 Å². The molecule has 1 rings (SSSR count). The van der Waals surface area contributed by atoms with Crippen LogP contribution >= 0.6 is 0 Å². The Morgan fingerprint density at radius 2 is 2.05 bits per heavy atom. The number of piperidine rings is 1. The van der Waals surface area contributed by atoms with E-state index in [9.17, 15) is 9.59 Å². The van der Waals surface area contributed by atoms with Crippen molar-refractivity contribution in [1.29, 1.82) is 0 Å². The molecular weight excluding hydrogens is 246 g/mol. The highest BCUT2D eigenvalue weighted by atomic mass is 16.4. The summed E-state index contributed by atoms with van der Waals surface area (Å²) in [7, 11) is 3.82. The highest BCUT2D eigenvalue weighted by Gasteiger charge is 2.27. The van der Waals surface area contributed by atoms with Crippen LogP contribution in [0, 0.1) is 5.92 Å². The zero-order valence-corrected chi connectivity index (χ0v) is 12.2. The van der Waals surface area contributed by atoms with E-state index in [0.717, 1.165) is 25.9 Å². The summed E-state index contributed by atoms with van der Waals surface area (Å²) in [5, 5.41) is 11.7. The maximum atomic E-state index is 12.1. The number of hydrogen-bond donors (Lipinski definition) is 2. The maximum Gasteiger partial charge on any atom is 0.317 e. The molecule has 0 saturated carbocycles. The average molecular weight is 271 g/mol. The minimum atomic E-state index is -0.896. The number of urea groups is 1. The van der Waals surface area contributed by atoms with Crippen LogP contribution in [0.25, 0.3) is 0 Å². The van der Waals surface area contributed by atoms with Gasteiger partial charge in [-0.15, -0.1) is 0 Å². The van der Waals surface area contributed by atoms with Crippen LogP contribution in [0.15, 0.2) is 0 Å². The number of rotatable bonds is 4. The minimum Gasteiger partial charge on any atom is -0.481 e. The van der Waals surface area contributed by atoms with Crippen LogP contribution in [-0.4, -0.2) is 66.2 Å². The molecule has 0 aromatic rings. The van der Waals surface area contributed by atoms with Gasteiger partial charge in [0.1, 0.15) is 0 Å². The predicted molar refractivity (Wildman–Crippen MR) is 73.1 cm³/mol. The number of hydrogen-bond acceptors (Lipinski definition) is 3. The van der Waals surface area contributed by atoms with Gasteiger partial charge in [0.2, 0.25) is 0 Å². The minimum absolute atomic E-state index is 0.194. The number of likely N-dealkylation sites (tertiary alicyclic amines) is 1. The van der Waals surface area contributed by atoms with Crippen LogP contribution in [0.3, 0.4) is 0 Å². The fourth-order valence-electron chi connectivity index (χ4n) is 2.26. The van der Waals surface area contributed by atoms with Gasteiger partial charge >= 0.3 is 12.0 Å². The molecule has 19 heavy (non-hydrogen) atoms. The number of carbonyl (C=O) groups is 2. The fourth-order valence-corrected chi connectivity index (χ4v) is 2.26. The highest BCUT2D eigenvalue weighted by molar-refractivity contribution is 5.76. The molecular formula is C13H25N3O3. The molecule has 0 bridgehead atoms. The maximum absolute atomic E-state index is 12.1. The highest BCUT2D eigenvalue weighted by Crippen LogP contribution is 2.14. The molecule has 3 atom stereocenters. The van der Waals surface area contributed by atoms with Crippen LogP contribution in [-0.2, 0) is 4.79 Å². The molecule has 1 saturated heterocycles. The van der Waals surface area contributed by atoms with E-state index in [0.29, 0.717) is 0 Å². The molecule has 0 aliphatic carbocycles. The number of likely N-dealkylation sites (N-methyl/N-ethyl adjacent to an activating group) is 2. The Labute approximate surface area is 114 Å². The number of nitrogens with zero attached hydrogens (tertiary/aromatic N) is 2. The van der Waals surface area contributed by atoms with E-state index in [1.54, 1.807) is 25.8 Å². The lowest BCUT2D eigenvalue weighted by atomic mass is 10.0. The first kappa shape index (κ1) is 15.8. The van der Waals surface area contributed by atoms with Gasteiger partial charge in [0.25, 0.3) is 0 Å². The van der Waals surface area contributed by atoms with Crippen molar-refractivity contribution in [3.8, 4) is 0 Å². The quantitative estimate of drug-likeness (QED) is 0.794. The Kier molecular flexibility index (Phi) is 5.60. The molecule has 0 aromatic carbocycles. The monoisotopic (exact) mass is 271 g/mol. The summed E-state index contributed by atoms with van der Waals surface area (Å²) in [6.45, 7) is 5.25. The number of amides is 2. The van der Waals surface area contributed by atoms with Crippen LogP contribution in [0.4, 0.5) is 4.79 Å². The van der Waals surface area contributed by atoms with Gasteiger partial charge in [-0.1, -0.05) is 0 Å². The Bertz CT molecular complexity index is 335. The van der Waals surface area contributed by atoms with Gasteiger partial charge in [-0.3, -0.25) is 4.79 Å². The zero-order chi connectivity index (χ0) is 14.6. The third-order valence-corrected chi connectivity index (χ3v) is 3.96. The van der Waals surface area contributed by atoms with E-state index in [1.807, 2.05) is 7.05 Å². The van der Waals surface area contributed by atoms with Gasteiger partial charge in [0.05, 0.1) is 5.92 Å². The molecule has 3 unspecified atom stereocenters. The van der Waals surface area contributed by atoms with Crippen LogP contribution < -0.4 is 5.32 Å². The van der Waals surface area contributed by atoms with Gasteiger partial charge in [-0.05, 0) is 40.3 Å². The second-order valence-electron chi connectivity index (χ2n) is 5.53.